The first-order chi connectivity index (χ1) is 9.19. The third-order valence-corrected chi connectivity index (χ3v) is 3.78. The maximum atomic E-state index is 5.06. The second-order valence-electron chi connectivity index (χ2n) is 5.27. The van der Waals surface area contributed by atoms with Crippen LogP contribution >= 0.6 is 0 Å². The molecular formula is C13H25N5O. The minimum atomic E-state index is 0.596. The number of aryl methyl sites for hydroxylation is 1. The molecule has 1 aromatic rings. The van der Waals surface area contributed by atoms with Crippen molar-refractivity contribution in [3.63, 3.8) is 0 Å². The van der Waals surface area contributed by atoms with Gasteiger partial charge in [0.25, 0.3) is 5.95 Å². The van der Waals surface area contributed by atoms with Gasteiger partial charge in [-0.05, 0) is 25.5 Å². The molecule has 0 bridgehead atoms. The summed E-state index contributed by atoms with van der Waals surface area (Å²) in [5.74, 6) is 1.30. The Morgan fingerprint density at radius 2 is 2.05 bits per heavy atom. The fourth-order valence-electron chi connectivity index (χ4n) is 2.31. The highest BCUT2D eigenvalue weighted by Crippen LogP contribution is 2.09. The first-order valence-corrected chi connectivity index (χ1v) is 7.18. The Bertz CT molecular complexity index is 373. The number of hydrogen-bond acceptors (Lipinski definition) is 6. The summed E-state index contributed by atoms with van der Waals surface area (Å²) in [4.78, 5) is 9.17. The SMILES string of the molecule is CCc1nc(NCC[C@H](C)N2CCN(C)CC2)no1. The number of nitrogens with zero attached hydrogens (tertiary/aromatic N) is 4. The lowest BCUT2D eigenvalue weighted by Gasteiger charge is -2.36. The predicted octanol–water partition coefficient (Wildman–Crippen LogP) is 1.07. The van der Waals surface area contributed by atoms with Gasteiger partial charge in [-0.3, -0.25) is 4.90 Å². The molecule has 1 N–H and O–H groups in total. The summed E-state index contributed by atoms with van der Waals surface area (Å²) < 4.78 is 5.06. The van der Waals surface area contributed by atoms with E-state index in [4.69, 9.17) is 4.52 Å². The Labute approximate surface area is 115 Å². The standard InChI is InChI=1S/C13H25N5O/c1-4-12-15-13(16-19-12)14-6-5-11(2)18-9-7-17(3)8-10-18/h11H,4-10H2,1-3H3,(H,14,16)/t11-/m0/s1. The number of likely N-dealkylation sites (N-methyl/N-ethyl adjacent to an activating group) is 1. The molecule has 6 heteroatoms. The van der Waals surface area contributed by atoms with Gasteiger partial charge >= 0.3 is 0 Å². The molecule has 1 aromatic heterocycles. The van der Waals surface area contributed by atoms with E-state index < -0.39 is 0 Å². The molecule has 1 fully saturated rings. The lowest BCUT2D eigenvalue weighted by molar-refractivity contribution is 0.116. The number of piperazine rings is 1. The molecule has 1 aliphatic rings. The molecule has 0 radical (unpaired) electrons. The molecule has 2 heterocycles. The molecule has 1 saturated heterocycles. The van der Waals surface area contributed by atoms with Crippen LogP contribution in [0.25, 0.3) is 0 Å². The normalized spacial score (nSPS) is 19.5. The molecule has 0 unspecified atom stereocenters. The Kier molecular flexibility index (Phi) is 5.15. The van der Waals surface area contributed by atoms with Crippen LogP contribution in [-0.2, 0) is 6.42 Å². The van der Waals surface area contributed by atoms with Crippen molar-refractivity contribution >= 4 is 5.95 Å². The van der Waals surface area contributed by atoms with Crippen LogP contribution in [0.4, 0.5) is 5.95 Å². The topological polar surface area (TPSA) is 57.4 Å². The fraction of sp³-hybridized carbons (Fsp3) is 0.846. The summed E-state index contributed by atoms with van der Waals surface area (Å²) in [6, 6.07) is 0.596. The largest absolute Gasteiger partial charge is 0.352 e. The molecule has 19 heavy (non-hydrogen) atoms. The zero-order valence-electron chi connectivity index (χ0n) is 12.2. The minimum absolute atomic E-state index is 0.596. The number of anilines is 1. The van der Waals surface area contributed by atoms with Crippen LogP contribution in [0.15, 0.2) is 4.52 Å². The van der Waals surface area contributed by atoms with E-state index in [9.17, 15) is 0 Å². The lowest BCUT2D eigenvalue weighted by atomic mass is 10.1. The average Bonchev–Trinajstić information content (AvgIpc) is 2.87. The van der Waals surface area contributed by atoms with Crippen LogP contribution < -0.4 is 5.32 Å². The molecule has 1 atom stereocenters. The van der Waals surface area contributed by atoms with Gasteiger partial charge in [0.2, 0.25) is 5.89 Å². The Morgan fingerprint density at radius 3 is 2.68 bits per heavy atom. The number of hydrogen-bond donors (Lipinski definition) is 1. The maximum absolute atomic E-state index is 5.06. The second-order valence-corrected chi connectivity index (χ2v) is 5.27. The van der Waals surface area contributed by atoms with Gasteiger partial charge in [-0.15, -0.1) is 0 Å². The van der Waals surface area contributed by atoms with E-state index in [1.165, 1.54) is 26.2 Å². The van der Waals surface area contributed by atoms with Crippen LogP contribution in [-0.4, -0.2) is 65.8 Å². The summed E-state index contributed by atoms with van der Waals surface area (Å²) in [6.45, 7) is 9.86. The summed E-state index contributed by atoms with van der Waals surface area (Å²) in [6.07, 6.45) is 1.88. The zero-order chi connectivity index (χ0) is 13.7. The minimum Gasteiger partial charge on any atom is -0.352 e. The summed E-state index contributed by atoms with van der Waals surface area (Å²) in [5, 5.41) is 7.11. The molecule has 0 saturated carbocycles. The zero-order valence-corrected chi connectivity index (χ0v) is 12.2. The Morgan fingerprint density at radius 1 is 1.32 bits per heavy atom. The maximum Gasteiger partial charge on any atom is 0.263 e. The van der Waals surface area contributed by atoms with Gasteiger partial charge in [-0.1, -0.05) is 6.92 Å². The van der Waals surface area contributed by atoms with E-state index in [0.717, 1.165) is 19.4 Å². The summed E-state index contributed by atoms with van der Waals surface area (Å²) >= 11 is 0. The molecule has 2 rings (SSSR count). The van der Waals surface area contributed by atoms with Gasteiger partial charge in [0.15, 0.2) is 0 Å². The molecule has 6 nitrogen and oxygen atoms in total. The highest BCUT2D eigenvalue weighted by atomic mass is 16.5. The van der Waals surface area contributed by atoms with Crippen molar-refractivity contribution in [2.45, 2.75) is 32.7 Å². The van der Waals surface area contributed by atoms with Crippen molar-refractivity contribution in [3.05, 3.63) is 5.89 Å². The highest BCUT2D eigenvalue weighted by Gasteiger charge is 2.18. The highest BCUT2D eigenvalue weighted by molar-refractivity contribution is 5.20. The van der Waals surface area contributed by atoms with Gasteiger partial charge in [0, 0.05) is 45.2 Å². The van der Waals surface area contributed by atoms with Crippen LogP contribution in [0, 0.1) is 0 Å². The van der Waals surface area contributed by atoms with Crippen molar-refractivity contribution in [1.29, 1.82) is 0 Å². The van der Waals surface area contributed by atoms with Gasteiger partial charge in [0.1, 0.15) is 0 Å². The molecule has 108 valence electrons. The first-order valence-electron chi connectivity index (χ1n) is 7.18. The van der Waals surface area contributed by atoms with Gasteiger partial charge < -0.3 is 14.7 Å². The van der Waals surface area contributed by atoms with Gasteiger partial charge in [0.05, 0.1) is 0 Å². The third kappa shape index (κ3) is 4.18. The van der Waals surface area contributed by atoms with Crippen molar-refractivity contribution < 1.29 is 4.52 Å². The van der Waals surface area contributed by atoms with E-state index in [-0.39, 0.29) is 0 Å². The predicted molar refractivity (Wildman–Crippen MR) is 75.3 cm³/mol. The third-order valence-electron chi connectivity index (χ3n) is 3.78. The molecule has 1 aliphatic heterocycles. The monoisotopic (exact) mass is 267 g/mol. The van der Waals surface area contributed by atoms with E-state index in [1.54, 1.807) is 0 Å². The van der Waals surface area contributed by atoms with Crippen LogP contribution in [0.3, 0.4) is 0 Å². The molecule has 0 amide bonds. The van der Waals surface area contributed by atoms with Crippen LogP contribution in [0.2, 0.25) is 0 Å². The first kappa shape index (κ1) is 14.3. The average molecular weight is 267 g/mol. The summed E-state index contributed by atoms with van der Waals surface area (Å²) in [5.41, 5.74) is 0. The number of rotatable bonds is 6. The van der Waals surface area contributed by atoms with Crippen molar-refractivity contribution in [3.8, 4) is 0 Å². The quantitative estimate of drug-likeness (QED) is 0.832. The van der Waals surface area contributed by atoms with E-state index >= 15 is 0 Å². The van der Waals surface area contributed by atoms with Crippen molar-refractivity contribution in [1.82, 2.24) is 19.9 Å². The Hall–Kier alpha value is -1.14. The smallest absolute Gasteiger partial charge is 0.263 e. The van der Waals surface area contributed by atoms with E-state index in [2.05, 4.69) is 39.2 Å². The van der Waals surface area contributed by atoms with Crippen LogP contribution in [0.1, 0.15) is 26.2 Å². The fourth-order valence-corrected chi connectivity index (χ4v) is 2.31. The van der Waals surface area contributed by atoms with E-state index in [1.807, 2.05) is 6.92 Å². The lowest BCUT2D eigenvalue weighted by Crippen LogP contribution is -2.48. The van der Waals surface area contributed by atoms with E-state index in [0.29, 0.717) is 17.9 Å². The second kappa shape index (κ2) is 6.86. The molecular weight excluding hydrogens is 242 g/mol. The van der Waals surface area contributed by atoms with Crippen LogP contribution in [0.5, 0.6) is 0 Å². The summed E-state index contributed by atoms with van der Waals surface area (Å²) in [7, 11) is 2.19. The van der Waals surface area contributed by atoms with Gasteiger partial charge in [-0.2, -0.15) is 4.98 Å². The molecule has 0 spiro atoms. The van der Waals surface area contributed by atoms with Crippen molar-refractivity contribution in [2.24, 2.45) is 0 Å². The molecule has 0 aromatic carbocycles. The van der Waals surface area contributed by atoms with Crippen molar-refractivity contribution in [2.75, 3.05) is 45.1 Å². The number of nitrogens with one attached hydrogen (secondary N) is 1. The number of aromatic nitrogens is 2. The Balaban J connectivity index is 1.67. The van der Waals surface area contributed by atoms with Gasteiger partial charge in [-0.25, -0.2) is 0 Å². The molecule has 0 aliphatic carbocycles.